The Hall–Kier alpha value is -2.41. The van der Waals surface area contributed by atoms with Crippen molar-refractivity contribution in [2.75, 3.05) is 13.7 Å². The fourth-order valence-corrected chi connectivity index (χ4v) is 4.17. The molecule has 0 fully saturated rings. The fourth-order valence-electron chi connectivity index (χ4n) is 3.76. The number of aryl methyl sites for hydroxylation is 1. The van der Waals surface area contributed by atoms with Gasteiger partial charge in [0.2, 0.25) is 0 Å². The molecule has 160 valence electrons. The van der Waals surface area contributed by atoms with Crippen molar-refractivity contribution in [3.63, 3.8) is 0 Å². The van der Waals surface area contributed by atoms with E-state index < -0.39 is 5.60 Å². The van der Waals surface area contributed by atoms with Crippen LogP contribution in [-0.4, -0.2) is 41.2 Å². The van der Waals surface area contributed by atoms with E-state index in [9.17, 15) is 9.59 Å². The summed E-state index contributed by atoms with van der Waals surface area (Å²) in [6, 6.07) is 7.68. The number of hydrogen-bond donors (Lipinski definition) is 0. The first-order valence-electron chi connectivity index (χ1n) is 9.99. The Labute approximate surface area is 185 Å². The second-order valence-corrected chi connectivity index (χ2v) is 9.26. The van der Waals surface area contributed by atoms with Gasteiger partial charge in [0.15, 0.2) is 0 Å². The molecule has 0 unspecified atom stereocenters. The summed E-state index contributed by atoms with van der Waals surface area (Å²) >= 11 is 3.54. The van der Waals surface area contributed by atoms with Crippen molar-refractivity contribution in [3.8, 4) is 0 Å². The van der Waals surface area contributed by atoms with Gasteiger partial charge in [-0.25, -0.2) is 9.59 Å². The minimum atomic E-state index is -0.566. The van der Waals surface area contributed by atoms with Crippen molar-refractivity contribution in [1.82, 2.24) is 9.88 Å². The Morgan fingerprint density at radius 1 is 1.27 bits per heavy atom. The number of esters is 1. The molecule has 2 heterocycles. The van der Waals surface area contributed by atoms with E-state index in [1.165, 1.54) is 12.7 Å². The van der Waals surface area contributed by atoms with Crippen LogP contribution in [-0.2, 0) is 22.3 Å². The fraction of sp³-hybridized carbons (Fsp3) is 0.435. The highest BCUT2D eigenvalue weighted by Gasteiger charge is 2.33. The van der Waals surface area contributed by atoms with E-state index in [1.807, 2.05) is 26.8 Å². The minimum absolute atomic E-state index is 0.151. The molecular weight excluding hydrogens is 448 g/mol. The monoisotopic (exact) mass is 474 g/mol. The van der Waals surface area contributed by atoms with Crippen LogP contribution < -0.4 is 0 Å². The Kier molecular flexibility index (Phi) is 6.81. The largest absolute Gasteiger partial charge is 0.465 e. The Balaban J connectivity index is 1.90. The predicted molar refractivity (Wildman–Crippen MR) is 117 cm³/mol. The van der Waals surface area contributed by atoms with E-state index in [-0.39, 0.29) is 18.1 Å². The van der Waals surface area contributed by atoms with Crippen molar-refractivity contribution >= 4 is 28.0 Å². The summed E-state index contributed by atoms with van der Waals surface area (Å²) < 4.78 is 11.6. The standard InChI is InChI=1S/C23H27BrN2O4/c1-23(2,3)30-22(28)26-12-10-15-13-17(24)6-7-18(15)20(26)8-5-16-14-25-11-9-19(16)21(27)29-4/h6-7,9,11,13-14,20H,5,8,10,12H2,1-4H3/t20-/m1/s1. The molecule has 0 radical (unpaired) electrons. The first-order chi connectivity index (χ1) is 14.2. The molecule has 0 aliphatic carbocycles. The van der Waals surface area contributed by atoms with Crippen LogP contribution in [0.4, 0.5) is 4.79 Å². The van der Waals surface area contributed by atoms with E-state index >= 15 is 0 Å². The van der Waals surface area contributed by atoms with Crippen LogP contribution in [0.3, 0.4) is 0 Å². The van der Waals surface area contributed by atoms with Crippen LogP contribution in [0.25, 0.3) is 0 Å². The average Bonchev–Trinajstić information content (AvgIpc) is 2.70. The maximum atomic E-state index is 12.9. The molecule has 1 aliphatic heterocycles. The van der Waals surface area contributed by atoms with Crippen LogP contribution in [0, 0.1) is 0 Å². The second kappa shape index (κ2) is 9.16. The van der Waals surface area contributed by atoms with E-state index in [0.29, 0.717) is 24.9 Å². The lowest BCUT2D eigenvalue weighted by Gasteiger charge is -2.38. The van der Waals surface area contributed by atoms with Gasteiger partial charge in [-0.1, -0.05) is 22.0 Å². The van der Waals surface area contributed by atoms with Gasteiger partial charge in [-0.2, -0.15) is 0 Å². The third-order valence-electron chi connectivity index (χ3n) is 5.09. The van der Waals surface area contributed by atoms with Crippen molar-refractivity contribution in [2.24, 2.45) is 0 Å². The molecule has 1 aliphatic rings. The SMILES string of the molecule is COC(=O)c1ccncc1CC[C@@H]1c2ccc(Br)cc2CCN1C(=O)OC(C)(C)C. The smallest absolute Gasteiger partial charge is 0.410 e. The first-order valence-corrected chi connectivity index (χ1v) is 10.8. The molecule has 0 saturated carbocycles. The number of methoxy groups -OCH3 is 1. The van der Waals surface area contributed by atoms with Gasteiger partial charge in [-0.05, 0) is 74.9 Å². The molecule has 1 amide bonds. The van der Waals surface area contributed by atoms with Crippen molar-refractivity contribution in [1.29, 1.82) is 0 Å². The normalized spacial score (nSPS) is 16.0. The number of carbonyl (C=O) groups excluding carboxylic acids is 2. The van der Waals surface area contributed by atoms with Crippen LogP contribution >= 0.6 is 15.9 Å². The lowest BCUT2D eigenvalue weighted by molar-refractivity contribution is 0.0132. The van der Waals surface area contributed by atoms with Crippen LogP contribution in [0.5, 0.6) is 0 Å². The molecule has 2 aromatic rings. The number of ether oxygens (including phenoxy) is 2. The summed E-state index contributed by atoms with van der Waals surface area (Å²) in [6.45, 7) is 6.19. The summed E-state index contributed by atoms with van der Waals surface area (Å²) in [5.74, 6) is -0.385. The van der Waals surface area contributed by atoms with Crippen LogP contribution in [0.15, 0.2) is 41.1 Å². The third kappa shape index (κ3) is 5.19. The summed E-state index contributed by atoms with van der Waals surface area (Å²) in [5, 5.41) is 0. The zero-order chi connectivity index (χ0) is 21.9. The molecule has 1 aromatic carbocycles. The highest BCUT2D eigenvalue weighted by molar-refractivity contribution is 9.10. The highest BCUT2D eigenvalue weighted by atomic mass is 79.9. The average molecular weight is 475 g/mol. The van der Waals surface area contributed by atoms with Gasteiger partial charge >= 0.3 is 12.1 Å². The topological polar surface area (TPSA) is 68.7 Å². The first kappa shape index (κ1) is 22.3. The summed E-state index contributed by atoms with van der Waals surface area (Å²) in [4.78, 5) is 31.0. The number of nitrogens with zero attached hydrogens (tertiary/aromatic N) is 2. The number of benzene rings is 1. The predicted octanol–water partition coefficient (Wildman–Crippen LogP) is 5.10. The van der Waals surface area contributed by atoms with Crippen LogP contribution in [0.1, 0.15) is 60.3 Å². The molecule has 7 heteroatoms. The molecule has 6 nitrogen and oxygen atoms in total. The number of halogens is 1. The van der Waals surface area contributed by atoms with E-state index in [0.717, 1.165) is 22.0 Å². The van der Waals surface area contributed by atoms with Gasteiger partial charge in [-0.15, -0.1) is 0 Å². The van der Waals surface area contributed by atoms with Crippen LogP contribution in [0.2, 0.25) is 0 Å². The molecule has 1 atom stereocenters. The summed E-state index contributed by atoms with van der Waals surface area (Å²) in [5.41, 5.74) is 3.07. The Morgan fingerprint density at radius 2 is 2.03 bits per heavy atom. The van der Waals surface area contributed by atoms with E-state index in [4.69, 9.17) is 9.47 Å². The zero-order valence-corrected chi connectivity index (χ0v) is 19.4. The van der Waals surface area contributed by atoms with Gasteiger partial charge in [-0.3, -0.25) is 4.98 Å². The molecule has 0 spiro atoms. The Morgan fingerprint density at radius 3 is 2.73 bits per heavy atom. The number of rotatable bonds is 4. The molecule has 0 N–H and O–H groups in total. The summed E-state index contributed by atoms with van der Waals surface area (Å²) in [7, 11) is 1.37. The number of aromatic nitrogens is 1. The van der Waals surface area contributed by atoms with Gasteiger partial charge in [0, 0.05) is 23.4 Å². The molecule has 0 bridgehead atoms. The van der Waals surface area contributed by atoms with Gasteiger partial charge in [0.25, 0.3) is 0 Å². The molecule has 1 aromatic heterocycles. The molecule has 30 heavy (non-hydrogen) atoms. The maximum Gasteiger partial charge on any atom is 0.410 e. The minimum Gasteiger partial charge on any atom is -0.465 e. The molecule has 0 saturated heterocycles. The molecular formula is C23H27BrN2O4. The zero-order valence-electron chi connectivity index (χ0n) is 17.8. The Bertz CT molecular complexity index is 939. The molecule has 3 rings (SSSR count). The van der Waals surface area contributed by atoms with Crippen molar-refractivity contribution < 1.29 is 19.1 Å². The van der Waals surface area contributed by atoms with E-state index in [1.54, 1.807) is 23.4 Å². The number of fused-ring (bicyclic) bond motifs is 1. The van der Waals surface area contributed by atoms with Crippen molar-refractivity contribution in [2.45, 2.75) is 51.7 Å². The van der Waals surface area contributed by atoms with E-state index in [2.05, 4.69) is 33.0 Å². The van der Waals surface area contributed by atoms with Crippen molar-refractivity contribution in [3.05, 3.63) is 63.4 Å². The lowest BCUT2D eigenvalue weighted by atomic mass is 9.89. The maximum absolute atomic E-state index is 12.9. The van der Waals surface area contributed by atoms with Gasteiger partial charge < -0.3 is 14.4 Å². The lowest BCUT2D eigenvalue weighted by Crippen LogP contribution is -2.43. The highest BCUT2D eigenvalue weighted by Crippen LogP contribution is 2.36. The number of carbonyl (C=O) groups is 2. The van der Waals surface area contributed by atoms with Gasteiger partial charge in [0.05, 0.1) is 18.7 Å². The quantitative estimate of drug-likeness (QED) is 0.576. The summed E-state index contributed by atoms with van der Waals surface area (Å²) in [6.07, 6.45) is 4.94. The third-order valence-corrected chi connectivity index (χ3v) is 5.58. The number of hydrogen-bond acceptors (Lipinski definition) is 5. The van der Waals surface area contributed by atoms with Gasteiger partial charge in [0.1, 0.15) is 5.60 Å². The number of pyridine rings is 1. The second-order valence-electron chi connectivity index (χ2n) is 8.35. The number of amides is 1.